The van der Waals surface area contributed by atoms with Gasteiger partial charge in [0.1, 0.15) is 0 Å². The van der Waals surface area contributed by atoms with Gasteiger partial charge in [-0.1, -0.05) is 46.5 Å². The summed E-state index contributed by atoms with van der Waals surface area (Å²) in [7, 11) is 0. The Balaban J connectivity index is 3.50. The highest BCUT2D eigenvalue weighted by Crippen LogP contribution is 2.29. The first-order chi connectivity index (χ1) is 5.98. The van der Waals surface area contributed by atoms with Crippen LogP contribution in [0.5, 0.6) is 0 Å². The highest BCUT2D eigenvalue weighted by molar-refractivity contribution is 4.71. The van der Waals surface area contributed by atoms with Crippen molar-refractivity contribution in [1.29, 1.82) is 0 Å². The number of unbranched alkanes of at least 4 members (excludes halogenated alkanes) is 3. The van der Waals surface area contributed by atoms with Gasteiger partial charge in [-0.3, -0.25) is 0 Å². The van der Waals surface area contributed by atoms with E-state index in [1.165, 1.54) is 32.1 Å². The molecule has 0 saturated heterocycles. The van der Waals surface area contributed by atoms with Crippen molar-refractivity contribution in [1.82, 2.24) is 0 Å². The zero-order valence-corrected chi connectivity index (χ0v) is 9.77. The molecular formula is C12H26O. The summed E-state index contributed by atoms with van der Waals surface area (Å²) in [6.07, 6.45) is 7.34. The summed E-state index contributed by atoms with van der Waals surface area (Å²) in [4.78, 5) is 0. The quantitative estimate of drug-likeness (QED) is 0.600. The van der Waals surface area contributed by atoms with E-state index in [0.717, 1.165) is 6.42 Å². The molecule has 1 heteroatoms. The van der Waals surface area contributed by atoms with Crippen molar-refractivity contribution >= 4 is 0 Å². The van der Waals surface area contributed by atoms with E-state index < -0.39 is 0 Å². The fraction of sp³-hybridized carbons (Fsp3) is 1.00. The Morgan fingerprint density at radius 3 is 2.23 bits per heavy atom. The minimum absolute atomic E-state index is 0.152. The van der Waals surface area contributed by atoms with Gasteiger partial charge in [0.25, 0.3) is 0 Å². The number of aliphatic hydroxyl groups is 1. The van der Waals surface area contributed by atoms with Crippen LogP contribution in [0.1, 0.15) is 66.2 Å². The van der Waals surface area contributed by atoms with Gasteiger partial charge in [0.2, 0.25) is 0 Å². The third-order valence-electron chi connectivity index (χ3n) is 2.56. The van der Waals surface area contributed by atoms with Crippen LogP contribution in [0.2, 0.25) is 0 Å². The molecule has 80 valence electrons. The largest absolute Gasteiger partial charge is 0.393 e. The Morgan fingerprint density at radius 1 is 1.15 bits per heavy atom. The fourth-order valence-corrected chi connectivity index (χ4v) is 1.93. The van der Waals surface area contributed by atoms with Crippen LogP contribution in [0.25, 0.3) is 0 Å². The molecule has 0 aliphatic heterocycles. The fourth-order valence-electron chi connectivity index (χ4n) is 1.93. The van der Waals surface area contributed by atoms with E-state index in [4.69, 9.17) is 0 Å². The van der Waals surface area contributed by atoms with Gasteiger partial charge in [-0.25, -0.2) is 0 Å². The molecule has 0 aromatic carbocycles. The molecule has 0 heterocycles. The molecule has 0 aromatic heterocycles. The predicted molar refractivity (Wildman–Crippen MR) is 58.8 cm³/mol. The maximum Gasteiger partial charge on any atom is 0.0517 e. The van der Waals surface area contributed by atoms with Gasteiger partial charge in [0, 0.05) is 0 Å². The Bertz CT molecular complexity index is 116. The summed E-state index contributed by atoms with van der Waals surface area (Å²) in [5, 5.41) is 9.29. The first-order valence-corrected chi connectivity index (χ1v) is 5.66. The summed E-state index contributed by atoms with van der Waals surface area (Å²) < 4.78 is 0. The van der Waals surface area contributed by atoms with Crippen molar-refractivity contribution in [3.63, 3.8) is 0 Å². The summed E-state index contributed by atoms with van der Waals surface area (Å²) in [5.74, 6) is 0. The van der Waals surface area contributed by atoms with Crippen molar-refractivity contribution in [3.8, 4) is 0 Å². The Hall–Kier alpha value is -0.0400. The zero-order chi connectivity index (χ0) is 10.3. The second-order valence-corrected chi connectivity index (χ2v) is 5.03. The molecule has 1 unspecified atom stereocenters. The molecule has 1 N–H and O–H groups in total. The van der Waals surface area contributed by atoms with Crippen LogP contribution < -0.4 is 0 Å². The van der Waals surface area contributed by atoms with Crippen LogP contribution in [0.15, 0.2) is 0 Å². The van der Waals surface area contributed by atoms with Crippen molar-refractivity contribution < 1.29 is 5.11 Å². The lowest BCUT2D eigenvalue weighted by atomic mass is 9.82. The van der Waals surface area contributed by atoms with E-state index in [0.29, 0.717) is 5.41 Å². The van der Waals surface area contributed by atoms with Crippen molar-refractivity contribution in [2.75, 3.05) is 0 Å². The van der Waals surface area contributed by atoms with Crippen LogP contribution in [0.4, 0.5) is 0 Å². The van der Waals surface area contributed by atoms with Crippen molar-refractivity contribution in [2.24, 2.45) is 5.41 Å². The molecular weight excluding hydrogens is 160 g/mol. The highest BCUT2D eigenvalue weighted by atomic mass is 16.3. The summed E-state index contributed by atoms with van der Waals surface area (Å²) >= 11 is 0. The number of hydrogen-bond donors (Lipinski definition) is 1. The highest BCUT2D eigenvalue weighted by Gasteiger charge is 2.19. The molecule has 0 aliphatic rings. The average Bonchev–Trinajstić information content (AvgIpc) is 1.95. The van der Waals surface area contributed by atoms with Gasteiger partial charge in [0.15, 0.2) is 0 Å². The normalized spacial score (nSPS) is 14.5. The van der Waals surface area contributed by atoms with Crippen molar-refractivity contribution in [2.45, 2.75) is 72.3 Å². The summed E-state index contributed by atoms with van der Waals surface area (Å²) in [6.45, 7) is 8.63. The number of hydrogen-bond acceptors (Lipinski definition) is 1. The first kappa shape index (κ1) is 13.0. The third kappa shape index (κ3) is 8.29. The third-order valence-corrected chi connectivity index (χ3v) is 2.56. The van der Waals surface area contributed by atoms with E-state index in [-0.39, 0.29) is 6.10 Å². The average molecular weight is 186 g/mol. The molecule has 0 rings (SSSR count). The number of aliphatic hydroxyl groups excluding tert-OH is 1. The summed E-state index contributed by atoms with van der Waals surface area (Å²) in [6, 6.07) is 0. The predicted octanol–water partition coefficient (Wildman–Crippen LogP) is 3.75. The van der Waals surface area contributed by atoms with Gasteiger partial charge in [-0.15, -0.1) is 0 Å². The van der Waals surface area contributed by atoms with Gasteiger partial charge in [0.05, 0.1) is 6.10 Å². The van der Waals surface area contributed by atoms with Gasteiger partial charge < -0.3 is 5.11 Å². The van der Waals surface area contributed by atoms with E-state index in [2.05, 4.69) is 20.8 Å². The van der Waals surface area contributed by atoms with Gasteiger partial charge in [-0.05, 0) is 25.2 Å². The van der Waals surface area contributed by atoms with Crippen LogP contribution >= 0.6 is 0 Å². The molecule has 0 radical (unpaired) electrons. The second kappa shape index (κ2) is 6.42. The maximum absolute atomic E-state index is 9.29. The lowest BCUT2D eigenvalue weighted by molar-refractivity contribution is 0.123. The SMILES string of the molecule is CCCCCCC(C)(C)CC(C)O. The molecule has 0 aliphatic carbocycles. The molecule has 0 fully saturated rings. The molecule has 0 amide bonds. The topological polar surface area (TPSA) is 20.2 Å². The Morgan fingerprint density at radius 2 is 1.77 bits per heavy atom. The lowest BCUT2D eigenvalue weighted by Gasteiger charge is -2.25. The molecule has 0 saturated carbocycles. The summed E-state index contributed by atoms with van der Waals surface area (Å²) in [5.41, 5.74) is 0.321. The molecule has 0 aromatic rings. The number of rotatable bonds is 7. The van der Waals surface area contributed by atoms with Crippen LogP contribution in [-0.4, -0.2) is 11.2 Å². The van der Waals surface area contributed by atoms with Crippen LogP contribution in [0.3, 0.4) is 0 Å². The molecule has 1 nitrogen and oxygen atoms in total. The van der Waals surface area contributed by atoms with Gasteiger partial charge >= 0.3 is 0 Å². The smallest absolute Gasteiger partial charge is 0.0517 e. The van der Waals surface area contributed by atoms with Crippen LogP contribution in [0, 0.1) is 5.41 Å². The molecule has 13 heavy (non-hydrogen) atoms. The Labute approximate surface area is 83.5 Å². The Kier molecular flexibility index (Phi) is 6.40. The monoisotopic (exact) mass is 186 g/mol. The zero-order valence-electron chi connectivity index (χ0n) is 9.77. The minimum atomic E-state index is -0.152. The molecule has 0 spiro atoms. The first-order valence-electron chi connectivity index (χ1n) is 5.66. The van der Waals surface area contributed by atoms with E-state index >= 15 is 0 Å². The molecule has 1 atom stereocenters. The van der Waals surface area contributed by atoms with E-state index in [1.807, 2.05) is 6.92 Å². The second-order valence-electron chi connectivity index (χ2n) is 5.03. The maximum atomic E-state index is 9.29. The molecule has 0 bridgehead atoms. The van der Waals surface area contributed by atoms with Crippen molar-refractivity contribution in [3.05, 3.63) is 0 Å². The van der Waals surface area contributed by atoms with E-state index in [9.17, 15) is 5.11 Å². The minimum Gasteiger partial charge on any atom is -0.393 e. The van der Waals surface area contributed by atoms with Gasteiger partial charge in [-0.2, -0.15) is 0 Å². The van der Waals surface area contributed by atoms with Crippen LogP contribution in [-0.2, 0) is 0 Å². The standard InChI is InChI=1S/C12H26O/c1-5-6-7-8-9-12(3,4)10-11(2)13/h11,13H,5-10H2,1-4H3. The van der Waals surface area contributed by atoms with E-state index in [1.54, 1.807) is 0 Å². The lowest BCUT2D eigenvalue weighted by Crippen LogP contribution is -2.18.